The lowest BCUT2D eigenvalue weighted by atomic mass is 9.81. The van der Waals surface area contributed by atoms with E-state index in [9.17, 15) is 4.79 Å². The molecule has 1 aliphatic rings. The number of hydrogen-bond donors (Lipinski definition) is 1. The number of aliphatic carboxylic acids is 1. The minimum absolute atomic E-state index is 0.129. The highest BCUT2D eigenvalue weighted by molar-refractivity contribution is 5.66. The highest BCUT2D eigenvalue weighted by Gasteiger charge is 2.40. The van der Waals surface area contributed by atoms with Crippen molar-refractivity contribution in [2.45, 2.75) is 38.7 Å². The Bertz CT molecular complexity index is 466. The summed E-state index contributed by atoms with van der Waals surface area (Å²) in [6.07, 6.45) is 1.53. The smallest absolute Gasteiger partial charge is 0.303 e. The van der Waals surface area contributed by atoms with E-state index in [-0.39, 0.29) is 6.42 Å². The molecule has 4 nitrogen and oxygen atoms in total. The highest BCUT2D eigenvalue weighted by atomic mass is 16.5. The van der Waals surface area contributed by atoms with Crippen molar-refractivity contribution in [2.75, 3.05) is 13.7 Å². The molecule has 4 heteroatoms. The van der Waals surface area contributed by atoms with Crippen molar-refractivity contribution in [1.82, 2.24) is 0 Å². The van der Waals surface area contributed by atoms with Crippen LogP contribution < -0.4 is 4.74 Å². The second-order valence-corrected chi connectivity index (χ2v) is 5.13. The van der Waals surface area contributed by atoms with Crippen LogP contribution in [0.5, 0.6) is 5.75 Å². The highest BCUT2D eigenvalue weighted by Crippen LogP contribution is 2.43. The Morgan fingerprint density at radius 3 is 2.37 bits per heavy atom. The first-order valence-electron chi connectivity index (χ1n) is 6.50. The molecule has 0 saturated carbocycles. The molecule has 1 aromatic rings. The van der Waals surface area contributed by atoms with E-state index in [1.807, 2.05) is 26.0 Å². The van der Waals surface area contributed by atoms with Gasteiger partial charge in [0.15, 0.2) is 0 Å². The molecule has 1 unspecified atom stereocenters. The lowest BCUT2D eigenvalue weighted by Crippen LogP contribution is -2.41. The third-order valence-corrected chi connectivity index (χ3v) is 3.82. The minimum Gasteiger partial charge on any atom is -0.496 e. The fraction of sp³-hybridized carbons (Fsp3) is 0.533. The second-order valence-electron chi connectivity index (χ2n) is 5.13. The van der Waals surface area contributed by atoms with Gasteiger partial charge in [-0.3, -0.25) is 4.79 Å². The number of carbonyl (C=O) groups is 1. The van der Waals surface area contributed by atoms with Crippen molar-refractivity contribution in [1.29, 1.82) is 0 Å². The van der Waals surface area contributed by atoms with Crippen LogP contribution in [0.25, 0.3) is 0 Å². The second kappa shape index (κ2) is 5.21. The van der Waals surface area contributed by atoms with Gasteiger partial charge < -0.3 is 14.6 Å². The molecule has 1 atom stereocenters. The van der Waals surface area contributed by atoms with Crippen LogP contribution in [-0.4, -0.2) is 24.8 Å². The minimum atomic E-state index is -0.781. The topological polar surface area (TPSA) is 55.8 Å². The van der Waals surface area contributed by atoms with Crippen LogP contribution in [0.1, 0.15) is 36.0 Å². The maximum atomic E-state index is 10.8. The van der Waals surface area contributed by atoms with E-state index in [0.29, 0.717) is 13.0 Å². The van der Waals surface area contributed by atoms with Crippen LogP contribution in [0, 0.1) is 13.8 Å². The molecule has 1 aliphatic heterocycles. The third-order valence-electron chi connectivity index (χ3n) is 3.82. The van der Waals surface area contributed by atoms with E-state index in [1.165, 1.54) is 0 Å². The molecular weight excluding hydrogens is 244 g/mol. The molecule has 0 amide bonds. The van der Waals surface area contributed by atoms with Crippen molar-refractivity contribution in [2.24, 2.45) is 0 Å². The number of methoxy groups -OCH3 is 1. The summed E-state index contributed by atoms with van der Waals surface area (Å²) in [6.45, 7) is 4.70. The lowest BCUT2D eigenvalue weighted by Gasteiger charge is -2.42. The lowest BCUT2D eigenvalue weighted by molar-refractivity contribution is -0.165. The summed E-state index contributed by atoms with van der Waals surface area (Å²) in [6, 6.07) is 4.10. The Labute approximate surface area is 113 Å². The van der Waals surface area contributed by atoms with Gasteiger partial charge in [-0.05, 0) is 49.1 Å². The van der Waals surface area contributed by atoms with Crippen LogP contribution in [-0.2, 0) is 15.1 Å². The number of hydrogen-bond acceptors (Lipinski definition) is 3. The van der Waals surface area contributed by atoms with Gasteiger partial charge in [0, 0.05) is 12.8 Å². The summed E-state index contributed by atoms with van der Waals surface area (Å²) >= 11 is 0. The van der Waals surface area contributed by atoms with E-state index < -0.39 is 11.6 Å². The molecule has 104 valence electrons. The van der Waals surface area contributed by atoms with Crippen LogP contribution in [0.15, 0.2) is 12.1 Å². The summed E-state index contributed by atoms with van der Waals surface area (Å²) in [4.78, 5) is 10.8. The fourth-order valence-corrected chi connectivity index (χ4v) is 2.76. The fourth-order valence-electron chi connectivity index (χ4n) is 2.76. The number of carboxylic acids is 1. The Balaban J connectivity index is 2.31. The average molecular weight is 264 g/mol. The first kappa shape index (κ1) is 13.9. The normalized spacial score (nSPS) is 21.8. The number of ether oxygens (including phenoxy) is 2. The van der Waals surface area contributed by atoms with Crippen molar-refractivity contribution in [3.63, 3.8) is 0 Å². The number of aryl methyl sites for hydroxylation is 2. The largest absolute Gasteiger partial charge is 0.496 e. The first-order valence-corrected chi connectivity index (χ1v) is 6.50. The molecule has 0 radical (unpaired) electrons. The summed E-state index contributed by atoms with van der Waals surface area (Å²) in [5.74, 6) is 0.105. The molecule has 0 aliphatic carbocycles. The molecule has 1 fully saturated rings. The van der Waals surface area contributed by atoms with E-state index in [0.717, 1.165) is 28.9 Å². The Morgan fingerprint density at radius 2 is 2.00 bits per heavy atom. The Kier molecular flexibility index (Phi) is 3.80. The molecule has 1 saturated heterocycles. The molecule has 0 spiro atoms. The van der Waals surface area contributed by atoms with Crippen LogP contribution in [0.2, 0.25) is 0 Å². The van der Waals surface area contributed by atoms with Crippen LogP contribution >= 0.6 is 0 Å². The first-order chi connectivity index (χ1) is 8.98. The van der Waals surface area contributed by atoms with E-state index in [2.05, 4.69) is 0 Å². The van der Waals surface area contributed by atoms with Crippen molar-refractivity contribution >= 4 is 5.97 Å². The quantitative estimate of drug-likeness (QED) is 0.888. The predicted octanol–water partition coefficient (Wildman–Crippen LogP) is 2.79. The maximum Gasteiger partial charge on any atom is 0.303 e. The third kappa shape index (κ3) is 2.59. The Hall–Kier alpha value is -1.55. The van der Waals surface area contributed by atoms with Gasteiger partial charge >= 0.3 is 5.97 Å². The summed E-state index contributed by atoms with van der Waals surface area (Å²) in [7, 11) is 1.66. The van der Waals surface area contributed by atoms with Crippen molar-refractivity contribution < 1.29 is 19.4 Å². The average Bonchev–Trinajstić information content (AvgIpc) is 2.26. The standard InChI is InChI=1S/C15H20O4/c1-10-8-12(9-11(2)14(10)18-3)15(6-7-19-15)5-4-13(16)17/h8-9H,4-7H2,1-3H3,(H,16,17). The van der Waals surface area contributed by atoms with Gasteiger partial charge in [0.05, 0.1) is 19.3 Å². The summed E-state index contributed by atoms with van der Waals surface area (Å²) in [5, 5.41) is 8.86. The molecular formula is C15H20O4. The van der Waals surface area contributed by atoms with Crippen LogP contribution in [0.4, 0.5) is 0 Å². The zero-order valence-corrected chi connectivity index (χ0v) is 11.7. The molecule has 1 N–H and O–H groups in total. The molecule has 0 bridgehead atoms. The van der Waals surface area contributed by atoms with Gasteiger partial charge in [0.1, 0.15) is 5.75 Å². The van der Waals surface area contributed by atoms with Crippen molar-refractivity contribution in [3.05, 3.63) is 28.8 Å². The van der Waals surface area contributed by atoms with Gasteiger partial charge in [-0.25, -0.2) is 0 Å². The monoisotopic (exact) mass is 264 g/mol. The number of benzene rings is 1. The molecule has 19 heavy (non-hydrogen) atoms. The summed E-state index contributed by atoms with van der Waals surface area (Å²) < 4.78 is 11.1. The van der Waals surface area contributed by atoms with Gasteiger partial charge in [-0.15, -0.1) is 0 Å². The van der Waals surface area contributed by atoms with Gasteiger partial charge in [0.2, 0.25) is 0 Å². The predicted molar refractivity (Wildman–Crippen MR) is 71.6 cm³/mol. The van der Waals surface area contributed by atoms with Crippen molar-refractivity contribution in [3.8, 4) is 5.75 Å². The van der Waals surface area contributed by atoms with E-state index >= 15 is 0 Å². The zero-order chi connectivity index (χ0) is 14.0. The van der Waals surface area contributed by atoms with Gasteiger partial charge in [-0.2, -0.15) is 0 Å². The molecule has 1 heterocycles. The van der Waals surface area contributed by atoms with Gasteiger partial charge in [0.25, 0.3) is 0 Å². The number of carboxylic acid groups (broad SMARTS) is 1. The summed E-state index contributed by atoms with van der Waals surface area (Å²) in [5.41, 5.74) is 2.77. The van der Waals surface area contributed by atoms with E-state index in [1.54, 1.807) is 7.11 Å². The van der Waals surface area contributed by atoms with E-state index in [4.69, 9.17) is 14.6 Å². The molecule has 0 aromatic heterocycles. The molecule has 2 rings (SSSR count). The van der Waals surface area contributed by atoms with Gasteiger partial charge in [-0.1, -0.05) is 0 Å². The molecule has 1 aromatic carbocycles. The number of rotatable bonds is 5. The Morgan fingerprint density at radius 1 is 1.42 bits per heavy atom. The SMILES string of the molecule is COc1c(C)cc(C2(CCC(=O)O)CCO2)cc1C. The zero-order valence-electron chi connectivity index (χ0n) is 11.7. The van der Waals surface area contributed by atoms with Crippen LogP contribution in [0.3, 0.4) is 0 Å². The maximum absolute atomic E-state index is 10.8.